The van der Waals surface area contributed by atoms with Crippen LogP contribution in [0.5, 0.6) is 5.75 Å². The van der Waals surface area contributed by atoms with Crippen molar-refractivity contribution < 1.29 is 9.53 Å². The summed E-state index contributed by atoms with van der Waals surface area (Å²) in [5.74, 6) is 1.51. The number of nitrogens with one attached hydrogen (secondary N) is 1. The molecule has 2 aromatic carbocycles. The number of ether oxygens (including phenoxy) is 1. The van der Waals surface area contributed by atoms with Gasteiger partial charge >= 0.3 is 0 Å². The molecule has 0 aliphatic rings. The van der Waals surface area contributed by atoms with E-state index < -0.39 is 0 Å². The number of rotatable bonds is 10. The molecule has 3 heterocycles. The summed E-state index contributed by atoms with van der Waals surface area (Å²) in [7, 11) is 0. The summed E-state index contributed by atoms with van der Waals surface area (Å²) in [6.45, 7) is 3.26. The average Bonchev–Trinajstić information content (AvgIpc) is 3.52. The minimum Gasteiger partial charge on any atom is -0.494 e. The van der Waals surface area contributed by atoms with Gasteiger partial charge in [-0.25, -0.2) is 4.52 Å². The maximum Gasteiger partial charge on any atom is 0.220 e. The summed E-state index contributed by atoms with van der Waals surface area (Å²) in [4.78, 5) is 12.4. The molecule has 5 aromatic rings. The number of aromatic nitrogens is 5. The highest BCUT2D eigenvalue weighted by Crippen LogP contribution is 2.24. The summed E-state index contributed by atoms with van der Waals surface area (Å²) >= 11 is 6.16. The van der Waals surface area contributed by atoms with Crippen molar-refractivity contribution in [3.63, 3.8) is 0 Å². The van der Waals surface area contributed by atoms with Crippen molar-refractivity contribution in [1.82, 2.24) is 29.5 Å². The van der Waals surface area contributed by atoms with E-state index in [0.717, 1.165) is 53.4 Å². The minimum absolute atomic E-state index is 0.0680. The average molecular weight is 503 g/mol. The maximum absolute atomic E-state index is 12.4. The molecule has 0 spiro atoms. The summed E-state index contributed by atoms with van der Waals surface area (Å²) in [6, 6.07) is 17.4. The van der Waals surface area contributed by atoms with E-state index in [1.54, 1.807) is 4.52 Å². The molecule has 5 rings (SSSR count). The second kappa shape index (κ2) is 10.8. The van der Waals surface area contributed by atoms with Crippen LogP contribution in [0.3, 0.4) is 0 Å². The lowest BCUT2D eigenvalue weighted by Crippen LogP contribution is -2.23. The van der Waals surface area contributed by atoms with Crippen LogP contribution in [0.4, 0.5) is 0 Å². The molecule has 3 aromatic heterocycles. The van der Waals surface area contributed by atoms with Crippen molar-refractivity contribution in [2.24, 2.45) is 0 Å². The van der Waals surface area contributed by atoms with Gasteiger partial charge in [-0.2, -0.15) is 5.10 Å². The predicted molar refractivity (Wildman–Crippen MR) is 139 cm³/mol. The molecule has 1 amide bonds. The van der Waals surface area contributed by atoms with Gasteiger partial charge in [0.25, 0.3) is 0 Å². The highest BCUT2D eigenvalue weighted by molar-refractivity contribution is 6.31. The Hall–Kier alpha value is -3.91. The summed E-state index contributed by atoms with van der Waals surface area (Å²) in [5.41, 5.74) is 4.26. The second-order valence-electron chi connectivity index (χ2n) is 8.56. The van der Waals surface area contributed by atoms with Crippen molar-refractivity contribution >= 4 is 28.7 Å². The van der Waals surface area contributed by atoms with Crippen LogP contribution in [-0.2, 0) is 17.8 Å². The molecule has 0 radical (unpaired) electrons. The number of aryl methyl sites for hydroxylation is 1. The highest BCUT2D eigenvalue weighted by atomic mass is 35.5. The predicted octanol–water partition coefficient (Wildman–Crippen LogP) is 5.13. The number of unbranched alkanes of at least 4 members (excludes halogenated alkanes) is 1. The van der Waals surface area contributed by atoms with Crippen molar-refractivity contribution in [3.05, 3.63) is 83.4 Å². The zero-order valence-corrected chi connectivity index (χ0v) is 20.8. The number of hydrogen-bond donors (Lipinski definition) is 1. The molecular weight excluding hydrogens is 476 g/mol. The van der Waals surface area contributed by atoms with Gasteiger partial charge < -0.3 is 10.1 Å². The van der Waals surface area contributed by atoms with Gasteiger partial charge in [-0.15, -0.1) is 10.2 Å². The Bertz CT molecular complexity index is 1490. The number of halogens is 1. The fraction of sp³-hybridized carbons (Fsp3) is 0.259. The van der Waals surface area contributed by atoms with E-state index in [0.29, 0.717) is 30.1 Å². The largest absolute Gasteiger partial charge is 0.494 e. The van der Waals surface area contributed by atoms with Crippen LogP contribution in [0.1, 0.15) is 37.6 Å². The molecule has 0 saturated heterocycles. The summed E-state index contributed by atoms with van der Waals surface area (Å²) in [6.07, 6.45) is 6.66. The number of amides is 1. The summed E-state index contributed by atoms with van der Waals surface area (Å²) < 4.78 is 9.46. The smallest absolute Gasteiger partial charge is 0.220 e. The van der Waals surface area contributed by atoms with Gasteiger partial charge in [0, 0.05) is 42.4 Å². The number of hydrogen-bond acceptors (Lipinski definition) is 5. The van der Waals surface area contributed by atoms with Crippen molar-refractivity contribution in [2.75, 3.05) is 6.61 Å². The van der Waals surface area contributed by atoms with Crippen molar-refractivity contribution in [1.29, 1.82) is 0 Å². The van der Waals surface area contributed by atoms with E-state index >= 15 is 0 Å². The zero-order valence-electron chi connectivity index (χ0n) is 20.0. The monoisotopic (exact) mass is 502 g/mol. The van der Waals surface area contributed by atoms with Crippen LogP contribution >= 0.6 is 11.6 Å². The van der Waals surface area contributed by atoms with Crippen LogP contribution < -0.4 is 10.1 Å². The van der Waals surface area contributed by atoms with Crippen LogP contribution in [0.25, 0.3) is 22.4 Å². The molecule has 0 saturated carbocycles. The molecule has 1 N–H and O–H groups in total. The summed E-state index contributed by atoms with van der Waals surface area (Å²) in [5, 5.41) is 17.0. The van der Waals surface area contributed by atoms with Gasteiger partial charge in [0.15, 0.2) is 5.65 Å². The zero-order chi connectivity index (χ0) is 24.9. The highest BCUT2D eigenvalue weighted by Gasteiger charge is 2.14. The fourth-order valence-corrected chi connectivity index (χ4v) is 4.18. The number of benzene rings is 2. The minimum atomic E-state index is -0.0680. The molecule has 0 aliphatic carbocycles. The third kappa shape index (κ3) is 5.18. The number of carbonyl (C=O) groups excluding carboxylic acids is 1. The normalized spacial score (nSPS) is 11.3. The van der Waals surface area contributed by atoms with E-state index in [-0.39, 0.29) is 5.91 Å². The molecule has 184 valence electrons. The van der Waals surface area contributed by atoms with Crippen LogP contribution in [-0.4, -0.2) is 36.7 Å². The second-order valence-corrected chi connectivity index (χ2v) is 8.97. The van der Waals surface area contributed by atoms with E-state index in [1.807, 2.05) is 71.4 Å². The van der Waals surface area contributed by atoms with Gasteiger partial charge in [0.2, 0.25) is 5.91 Å². The van der Waals surface area contributed by atoms with E-state index in [9.17, 15) is 4.79 Å². The van der Waals surface area contributed by atoms with E-state index in [1.165, 1.54) is 0 Å². The fourth-order valence-electron chi connectivity index (χ4n) is 3.98. The third-order valence-electron chi connectivity index (χ3n) is 6.01. The van der Waals surface area contributed by atoms with E-state index in [4.69, 9.17) is 21.4 Å². The molecule has 0 unspecified atom stereocenters. The quantitative estimate of drug-likeness (QED) is 0.268. The molecule has 9 heteroatoms. The lowest BCUT2D eigenvalue weighted by atomic mass is 10.1. The molecule has 0 aliphatic heterocycles. The van der Waals surface area contributed by atoms with Crippen LogP contribution in [0, 0.1) is 0 Å². The molecule has 0 atom stereocenters. The topological polar surface area (TPSA) is 85.8 Å². The Morgan fingerprint density at radius 3 is 2.72 bits per heavy atom. The molecular formula is C27H27ClN6O2. The van der Waals surface area contributed by atoms with Gasteiger partial charge in [-0.05, 0) is 48.4 Å². The number of carbonyl (C=O) groups is 1. The van der Waals surface area contributed by atoms with Gasteiger partial charge in [-0.3, -0.25) is 9.20 Å². The van der Waals surface area contributed by atoms with Gasteiger partial charge in [0.1, 0.15) is 17.1 Å². The first kappa shape index (κ1) is 23.8. The van der Waals surface area contributed by atoms with Gasteiger partial charge in [0.05, 0.1) is 12.3 Å². The standard InChI is InChI=1S/C27H27ClN6O2/c1-2-3-16-36-21-10-8-19(9-11-21)23-17-24-27-31-30-25(33(27)14-15-34(24)32-23)12-13-26(35)29-18-20-6-4-5-7-22(20)28/h4-11,14-15,17H,2-3,12-13,16,18H2,1H3,(H,29,35). The van der Waals surface area contributed by atoms with Crippen LogP contribution in [0.15, 0.2) is 67.0 Å². The lowest BCUT2D eigenvalue weighted by Gasteiger charge is -2.06. The van der Waals surface area contributed by atoms with Gasteiger partial charge in [-0.1, -0.05) is 43.1 Å². The number of nitrogens with zero attached hydrogens (tertiary/aromatic N) is 5. The first-order chi connectivity index (χ1) is 17.6. The van der Waals surface area contributed by atoms with Crippen LogP contribution in [0.2, 0.25) is 5.02 Å². The Labute approximate surface area is 213 Å². The third-order valence-corrected chi connectivity index (χ3v) is 6.38. The Morgan fingerprint density at radius 1 is 1.08 bits per heavy atom. The van der Waals surface area contributed by atoms with Crippen molar-refractivity contribution in [3.8, 4) is 17.0 Å². The molecule has 0 fully saturated rings. The molecule has 8 nitrogen and oxygen atoms in total. The first-order valence-electron chi connectivity index (χ1n) is 12.1. The maximum atomic E-state index is 12.4. The van der Waals surface area contributed by atoms with Crippen molar-refractivity contribution in [2.45, 2.75) is 39.2 Å². The first-order valence-corrected chi connectivity index (χ1v) is 12.5. The Balaban J connectivity index is 1.27. The Kier molecular flexibility index (Phi) is 7.13. The number of fused-ring (bicyclic) bond motifs is 3. The SMILES string of the molecule is CCCCOc1ccc(-c2cc3c4nnc(CCC(=O)NCc5ccccc5Cl)n4ccn3n2)cc1. The molecule has 36 heavy (non-hydrogen) atoms. The lowest BCUT2D eigenvalue weighted by molar-refractivity contribution is -0.121. The van der Waals surface area contributed by atoms with E-state index in [2.05, 4.69) is 22.4 Å². The Morgan fingerprint density at radius 2 is 1.92 bits per heavy atom. The molecule has 0 bridgehead atoms.